The molecule has 0 fully saturated rings. The first kappa shape index (κ1) is 75.8. The molecular weight excluding hydrogens is 993 g/mol. The van der Waals surface area contributed by atoms with Crippen LogP contribution in [0.25, 0.3) is 0 Å². The maximum absolute atomic E-state index is 11.1. The van der Waals surface area contributed by atoms with Crippen molar-refractivity contribution < 1.29 is 86.4 Å². The van der Waals surface area contributed by atoms with Crippen LogP contribution in [0.3, 0.4) is 0 Å². The molecule has 0 spiro atoms. The number of hydrogen-bond acceptors (Lipinski definition) is 17. The van der Waals surface area contributed by atoms with Gasteiger partial charge in [-0.05, 0) is 89.9 Å². The highest BCUT2D eigenvalue weighted by Crippen LogP contribution is 2.42. The first-order chi connectivity index (χ1) is 37.0. The molecule has 0 aliphatic heterocycles. The second kappa shape index (κ2) is 48.3. The number of unbranched alkanes of at least 4 members (excludes halogenated alkanes) is 18. The van der Waals surface area contributed by atoms with Gasteiger partial charge in [0.2, 0.25) is 0 Å². The van der Waals surface area contributed by atoms with Gasteiger partial charge in [-0.15, -0.1) is 0 Å². The summed E-state index contributed by atoms with van der Waals surface area (Å²) in [4.78, 5) is 0. The van der Waals surface area contributed by atoms with E-state index in [1.165, 1.54) is 12.8 Å². The Bertz CT molecular complexity index is 1290. The lowest BCUT2D eigenvalue weighted by molar-refractivity contribution is -0.216. The summed E-state index contributed by atoms with van der Waals surface area (Å²) in [5.41, 5.74) is 1.21. The molecule has 0 bridgehead atoms. The predicted molar refractivity (Wildman–Crippen MR) is 303 cm³/mol. The third kappa shape index (κ3) is 37.5. The van der Waals surface area contributed by atoms with Crippen LogP contribution in [0.4, 0.5) is 0 Å². The Labute approximate surface area is 465 Å². The molecule has 0 aromatic carbocycles. The SMILES string of the molecule is CCCCCCCC/C(CC(O)CO)=C(\CCCCCCCC(CC(O)CO)(CC(O)CO)OC(CCCCCCC/C(CC(O)CO)=C(\CCCCCCCC)CC(O)CO)(CC(O)CO)CC(O)CO)CC(O)CO. The van der Waals surface area contributed by atoms with Gasteiger partial charge in [-0.2, -0.15) is 0 Å². The topological polar surface area (TPSA) is 333 Å². The Morgan fingerprint density at radius 3 is 0.675 bits per heavy atom. The first-order valence-corrected chi connectivity index (χ1v) is 30.4. The molecule has 0 saturated heterocycles. The minimum absolute atomic E-state index is 0.161. The first-order valence-electron chi connectivity index (χ1n) is 30.4. The van der Waals surface area contributed by atoms with Crippen LogP contribution in [0.5, 0.6) is 0 Å². The van der Waals surface area contributed by atoms with Crippen LogP contribution in [0.15, 0.2) is 22.3 Å². The van der Waals surface area contributed by atoms with E-state index in [0.29, 0.717) is 51.4 Å². The van der Waals surface area contributed by atoms with Gasteiger partial charge in [0.15, 0.2) is 0 Å². The van der Waals surface area contributed by atoms with Crippen molar-refractivity contribution in [3.8, 4) is 0 Å². The van der Waals surface area contributed by atoms with E-state index < -0.39 is 99.7 Å². The maximum Gasteiger partial charge on any atom is 0.0808 e. The van der Waals surface area contributed by atoms with E-state index in [1.807, 2.05) is 0 Å². The van der Waals surface area contributed by atoms with E-state index >= 15 is 0 Å². The molecule has 0 aromatic rings. The molecule has 16 N–H and O–H groups in total. The Kier molecular flexibility index (Phi) is 47.6. The monoisotopic (exact) mass is 1110 g/mol. The van der Waals surface area contributed by atoms with Gasteiger partial charge >= 0.3 is 0 Å². The normalized spacial score (nSPS) is 17.7. The minimum Gasteiger partial charge on any atom is -0.394 e. The fourth-order valence-electron chi connectivity index (χ4n) is 11.2. The van der Waals surface area contributed by atoms with Crippen LogP contribution in [0, 0.1) is 0 Å². The lowest BCUT2D eigenvalue weighted by Gasteiger charge is -2.47. The predicted octanol–water partition coefficient (Wildman–Crippen LogP) is 5.98. The molecule has 8 unspecified atom stereocenters. The van der Waals surface area contributed by atoms with Gasteiger partial charge in [0.05, 0.1) is 113 Å². The summed E-state index contributed by atoms with van der Waals surface area (Å²) in [5.74, 6) is 0. The Balaban J connectivity index is 6.51. The molecule has 0 heterocycles. The van der Waals surface area contributed by atoms with Crippen LogP contribution >= 0.6 is 0 Å². The van der Waals surface area contributed by atoms with Gasteiger partial charge in [0, 0.05) is 25.7 Å². The maximum atomic E-state index is 11.1. The van der Waals surface area contributed by atoms with Crippen molar-refractivity contribution >= 4 is 0 Å². The lowest BCUT2D eigenvalue weighted by Crippen LogP contribution is -2.52. The van der Waals surface area contributed by atoms with Gasteiger partial charge in [0.25, 0.3) is 0 Å². The smallest absolute Gasteiger partial charge is 0.0808 e. The Hall–Kier alpha value is -1.20. The molecule has 0 rings (SSSR count). The third-order valence-electron chi connectivity index (χ3n) is 15.4. The van der Waals surface area contributed by atoms with E-state index in [4.69, 9.17) is 4.74 Å². The van der Waals surface area contributed by atoms with Crippen molar-refractivity contribution in [1.82, 2.24) is 0 Å². The van der Waals surface area contributed by atoms with Crippen molar-refractivity contribution in [1.29, 1.82) is 0 Å². The van der Waals surface area contributed by atoms with Crippen LogP contribution in [-0.4, -0.2) is 195 Å². The average Bonchev–Trinajstić information content (AvgIpc) is 3.42. The van der Waals surface area contributed by atoms with Gasteiger partial charge in [0.1, 0.15) is 0 Å². The fraction of sp³-hybridized carbons (Fsp3) is 0.933. The highest BCUT2D eigenvalue weighted by atomic mass is 16.5. The molecule has 0 aromatic heterocycles. The quantitative estimate of drug-likeness (QED) is 0.0246. The van der Waals surface area contributed by atoms with Gasteiger partial charge in [-0.1, -0.05) is 152 Å². The largest absolute Gasteiger partial charge is 0.394 e. The molecule has 0 saturated carbocycles. The fourth-order valence-corrected chi connectivity index (χ4v) is 11.2. The zero-order chi connectivity index (χ0) is 57.7. The van der Waals surface area contributed by atoms with E-state index in [-0.39, 0.29) is 64.6 Å². The van der Waals surface area contributed by atoms with Gasteiger partial charge in [-0.3, -0.25) is 0 Å². The zero-order valence-electron chi connectivity index (χ0n) is 48.3. The summed E-state index contributed by atoms with van der Waals surface area (Å²) in [7, 11) is 0. The standard InChI is InChI=1S/C60H118O17/c1-3-5-7-9-13-19-25-47(31-51(69)39-61)49(33-53(71)41-63)27-21-15-11-17-23-29-59(35-55(73)43-65,36-56(74)44-66)77-60(37-57(75)45-67,38-58(76)46-68)30-24-18-12-16-22-28-50(34-54(72)42-64)48(32-52(70)40-62)26-20-14-10-8-6-4-2/h51-58,61-76H,3-46H2,1-2H3/b49-47-,50-48-. The molecule has 460 valence electrons. The Morgan fingerprint density at radius 1 is 0.273 bits per heavy atom. The summed E-state index contributed by atoms with van der Waals surface area (Å²) in [6.45, 7) is 0.308. The number of ether oxygens (including phenoxy) is 1. The van der Waals surface area contributed by atoms with Crippen LogP contribution in [0.1, 0.15) is 245 Å². The molecule has 17 nitrogen and oxygen atoms in total. The van der Waals surface area contributed by atoms with E-state index in [1.54, 1.807) is 0 Å². The summed E-state index contributed by atoms with van der Waals surface area (Å²) < 4.78 is 7.12. The summed E-state index contributed by atoms with van der Waals surface area (Å²) in [6, 6.07) is 0. The van der Waals surface area contributed by atoms with Crippen LogP contribution in [0.2, 0.25) is 0 Å². The second-order valence-electron chi connectivity index (χ2n) is 22.8. The number of rotatable bonds is 56. The van der Waals surface area contributed by atoms with Crippen molar-refractivity contribution in [2.24, 2.45) is 0 Å². The van der Waals surface area contributed by atoms with Gasteiger partial charge < -0.3 is 86.4 Å². The molecular formula is C60H118O17. The molecule has 0 aliphatic carbocycles. The summed E-state index contributed by atoms with van der Waals surface area (Å²) >= 11 is 0. The molecule has 0 aliphatic rings. The van der Waals surface area contributed by atoms with E-state index in [2.05, 4.69) is 13.8 Å². The number of aliphatic hydroxyl groups excluding tert-OH is 16. The highest BCUT2D eigenvalue weighted by molar-refractivity contribution is 5.18. The highest BCUT2D eigenvalue weighted by Gasteiger charge is 2.45. The molecule has 17 heteroatoms. The van der Waals surface area contributed by atoms with Crippen molar-refractivity contribution in [3.05, 3.63) is 22.3 Å². The van der Waals surface area contributed by atoms with Crippen molar-refractivity contribution in [2.45, 2.75) is 305 Å². The summed E-state index contributed by atoms with van der Waals surface area (Å²) in [5, 5.41) is 166. The van der Waals surface area contributed by atoms with Crippen LogP contribution in [-0.2, 0) is 4.74 Å². The van der Waals surface area contributed by atoms with E-state index in [9.17, 15) is 81.7 Å². The molecule has 0 amide bonds. The molecule has 77 heavy (non-hydrogen) atoms. The molecule has 8 atom stereocenters. The number of hydrogen-bond donors (Lipinski definition) is 16. The summed E-state index contributed by atoms with van der Waals surface area (Å²) in [6.07, 6.45) is 15.0. The van der Waals surface area contributed by atoms with Crippen molar-refractivity contribution in [2.75, 3.05) is 52.9 Å². The Morgan fingerprint density at radius 2 is 0.468 bits per heavy atom. The van der Waals surface area contributed by atoms with Crippen LogP contribution < -0.4 is 0 Å². The minimum atomic E-state index is -1.40. The lowest BCUT2D eigenvalue weighted by atomic mass is 9.79. The second-order valence-corrected chi connectivity index (χ2v) is 22.8. The van der Waals surface area contributed by atoms with E-state index in [0.717, 1.165) is 138 Å². The van der Waals surface area contributed by atoms with Gasteiger partial charge in [-0.25, -0.2) is 0 Å². The third-order valence-corrected chi connectivity index (χ3v) is 15.4. The number of aliphatic hydroxyl groups is 16. The zero-order valence-corrected chi connectivity index (χ0v) is 48.3. The molecule has 0 radical (unpaired) electrons. The average molecular weight is 1110 g/mol. The van der Waals surface area contributed by atoms with Crippen molar-refractivity contribution in [3.63, 3.8) is 0 Å².